The maximum absolute atomic E-state index is 5.94. The molecule has 0 bridgehead atoms. The Labute approximate surface area is 104 Å². The summed E-state index contributed by atoms with van der Waals surface area (Å²) in [5.41, 5.74) is 7.37. The minimum Gasteiger partial charge on any atom is -0.384 e. The van der Waals surface area contributed by atoms with Crippen molar-refractivity contribution in [2.75, 3.05) is 12.8 Å². The van der Waals surface area contributed by atoms with Crippen LogP contribution >= 0.6 is 11.6 Å². The summed E-state index contributed by atoms with van der Waals surface area (Å²) in [6.07, 6.45) is 0. The minimum atomic E-state index is 0.332. The number of hydrogen-bond acceptors (Lipinski definition) is 4. The third-order valence-electron chi connectivity index (χ3n) is 2.19. The fraction of sp³-hybridized carbons (Fsp3) is 0.167. The summed E-state index contributed by atoms with van der Waals surface area (Å²) < 4.78 is 4.99. The van der Waals surface area contributed by atoms with Crippen LogP contribution in [0.15, 0.2) is 30.3 Å². The number of nitrogens with zero attached hydrogens (tertiary/aromatic N) is 2. The zero-order valence-corrected chi connectivity index (χ0v) is 10.1. The van der Waals surface area contributed by atoms with Gasteiger partial charge in [-0.3, -0.25) is 0 Å². The van der Waals surface area contributed by atoms with E-state index in [4.69, 9.17) is 22.1 Å². The van der Waals surface area contributed by atoms with E-state index in [-0.39, 0.29) is 0 Å². The lowest BCUT2D eigenvalue weighted by Gasteiger charge is -2.05. The first-order valence-corrected chi connectivity index (χ1v) is 5.45. The summed E-state index contributed by atoms with van der Waals surface area (Å²) in [4.78, 5) is 8.44. The standard InChI is InChI=1S/C12H12ClN3O/c1-17-7-12-15-10(6-11(14)16-12)8-3-2-4-9(13)5-8/h2-6H,7H2,1H3,(H2,14,15,16). The van der Waals surface area contributed by atoms with Crippen LogP contribution < -0.4 is 5.73 Å². The van der Waals surface area contributed by atoms with Crippen molar-refractivity contribution in [3.63, 3.8) is 0 Å². The molecule has 0 spiro atoms. The van der Waals surface area contributed by atoms with Crippen molar-refractivity contribution < 1.29 is 4.74 Å². The lowest BCUT2D eigenvalue weighted by atomic mass is 10.1. The largest absolute Gasteiger partial charge is 0.384 e. The lowest BCUT2D eigenvalue weighted by molar-refractivity contribution is 0.178. The third-order valence-corrected chi connectivity index (χ3v) is 2.42. The van der Waals surface area contributed by atoms with Crippen LogP contribution in [-0.4, -0.2) is 17.1 Å². The highest BCUT2D eigenvalue weighted by Crippen LogP contribution is 2.22. The van der Waals surface area contributed by atoms with Gasteiger partial charge in [-0.15, -0.1) is 0 Å². The molecular weight excluding hydrogens is 238 g/mol. The van der Waals surface area contributed by atoms with E-state index in [2.05, 4.69) is 9.97 Å². The van der Waals surface area contributed by atoms with Crippen molar-refractivity contribution in [2.45, 2.75) is 6.61 Å². The molecule has 0 aliphatic carbocycles. The Balaban J connectivity index is 2.44. The van der Waals surface area contributed by atoms with Crippen LogP contribution in [0, 0.1) is 0 Å². The van der Waals surface area contributed by atoms with Gasteiger partial charge in [0.15, 0.2) is 5.82 Å². The predicted octanol–water partition coefficient (Wildman–Crippen LogP) is 2.53. The van der Waals surface area contributed by atoms with E-state index < -0.39 is 0 Å². The molecule has 4 nitrogen and oxygen atoms in total. The number of aromatic nitrogens is 2. The summed E-state index contributed by atoms with van der Waals surface area (Å²) in [7, 11) is 1.59. The normalized spacial score (nSPS) is 10.5. The lowest BCUT2D eigenvalue weighted by Crippen LogP contribution is -2.02. The fourth-order valence-electron chi connectivity index (χ4n) is 1.51. The number of methoxy groups -OCH3 is 1. The van der Waals surface area contributed by atoms with E-state index >= 15 is 0 Å². The highest BCUT2D eigenvalue weighted by atomic mass is 35.5. The van der Waals surface area contributed by atoms with Gasteiger partial charge in [-0.25, -0.2) is 9.97 Å². The molecule has 0 saturated carbocycles. The number of anilines is 1. The van der Waals surface area contributed by atoms with E-state index in [0.29, 0.717) is 23.3 Å². The molecule has 2 N–H and O–H groups in total. The van der Waals surface area contributed by atoms with Gasteiger partial charge in [0.25, 0.3) is 0 Å². The first-order valence-electron chi connectivity index (χ1n) is 5.07. The van der Waals surface area contributed by atoms with Gasteiger partial charge in [0, 0.05) is 23.8 Å². The van der Waals surface area contributed by atoms with Gasteiger partial charge in [0.05, 0.1) is 5.69 Å². The van der Waals surface area contributed by atoms with Crippen LogP contribution in [0.5, 0.6) is 0 Å². The highest BCUT2D eigenvalue weighted by Gasteiger charge is 2.05. The zero-order valence-electron chi connectivity index (χ0n) is 9.35. The molecular formula is C12H12ClN3O. The Morgan fingerprint density at radius 3 is 2.82 bits per heavy atom. The van der Waals surface area contributed by atoms with Crippen LogP contribution in [0.3, 0.4) is 0 Å². The Morgan fingerprint density at radius 2 is 2.12 bits per heavy atom. The minimum absolute atomic E-state index is 0.332. The molecule has 0 unspecified atom stereocenters. The molecule has 0 radical (unpaired) electrons. The van der Waals surface area contributed by atoms with Crippen LogP contribution in [0.4, 0.5) is 5.82 Å². The quantitative estimate of drug-likeness (QED) is 0.908. The Hall–Kier alpha value is -1.65. The average Bonchev–Trinajstić information content (AvgIpc) is 2.28. The Morgan fingerprint density at radius 1 is 1.29 bits per heavy atom. The topological polar surface area (TPSA) is 61.0 Å². The molecule has 0 amide bonds. The van der Waals surface area contributed by atoms with Crippen molar-refractivity contribution in [1.82, 2.24) is 9.97 Å². The first kappa shape index (κ1) is 11.8. The molecule has 88 valence electrons. The second-order valence-corrected chi connectivity index (χ2v) is 3.97. The number of rotatable bonds is 3. The van der Waals surface area contributed by atoms with E-state index in [1.165, 1.54) is 0 Å². The summed E-state index contributed by atoms with van der Waals surface area (Å²) in [6, 6.07) is 9.15. The van der Waals surface area contributed by atoms with Crippen LogP contribution in [-0.2, 0) is 11.3 Å². The van der Waals surface area contributed by atoms with Crippen LogP contribution in [0.1, 0.15) is 5.82 Å². The van der Waals surface area contributed by atoms with Gasteiger partial charge >= 0.3 is 0 Å². The number of benzene rings is 1. The Kier molecular flexibility index (Phi) is 3.56. The van der Waals surface area contributed by atoms with Gasteiger partial charge in [0.2, 0.25) is 0 Å². The molecule has 0 fully saturated rings. The summed E-state index contributed by atoms with van der Waals surface area (Å²) >= 11 is 5.94. The van der Waals surface area contributed by atoms with Crippen molar-refractivity contribution in [1.29, 1.82) is 0 Å². The number of halogens is 1. The number of nitrogen functional groups attached to an aromatic ring is 1. The van der Waals surface area contributed by atoms with Crippen molar-refractivity contribution in [3.8, 4) is 11.3 Å². The van der Waals surface area contributed by atoms with Gasteiger partial charge in [-0.05, 0) is 12.1 Å². The maximum Gasteiger partial charge on any atom is 0.157 e. The predicted molar refractivity (Wildman–Crippen MR) is 67.6 cm³/mol. The van der Waals surface area contributed by atoms with E-state index in [1.807, 2.05) is 24.3 Å². The SMILES string of the molecule is COCc1nc(N)cc(-c2cccc(Cl)c2)n1. The summed E-state index contributed by atoms with van der Waals surface area (Å²) in [6.45, 7) is 0.332. The van der Waals surface area contributed by atoms with Gasteiger partial charge < -0.3 is 10.5 Å². The molecule has 2 rings (SSSR count). The van der Waals surface area contributed by atoms with Gasteiger partial charge in [-0.2, -0.15) is 0 Å². The number of hydrogen-bond donors (Lipinski definition) is 1. The molecule has 2 aromatic rings. The molecule has 1 aromatic heterocycles. The maximum atomic E-state index is 5.94. The molecule has 0 atom stereocenters. The Bertz CT molecular complexity index is 531. The van der Waals surface area contributed by atoms with Crippen molar-refractivity contribution >= 4 is 17.4 Å². The van der Waals surface area contributed by atoms with E-state index in [1.54, 1.807) is 13.2 Å². The van der Waals surface area contributed by atoms with Crippen LogP contribution in [0.25, 0.3) is 11.3 Å². The van der Waals surface area contributed by atoms with E-state index in [0.717, 1.165) is 11.3 Å². The summed E-state index contributed by atoms with van der Waals surface area (Å²) in [5, 5.41) is 0.660. The molecule has 0 aliphatic rings. The first-order chi connectivity index (χ1) is 8.19. The zero-order chi connectivity index (χ0) is 12.3. The number of nitrogens with two attached hydrogens (primary N) is 1. The number of ether oxygens (including phenoxy) is 1. The molecule has 0 aliphatic heterocycles. The van der Waals surface area contributed by atoms with E-state index in [9.17, 15) is 0 Å². The summed E-state index contributed by atoms with van der Waals surface area (Å²) in [5.74, 6) is 0.976. The molecule has 5 heteroatoms. The molecule has 1 aromatic carbocycles. The van der Waals surface area contributed by atoms with Gasteiger partial charge in [-0.1, -0.05) is 23.7 Å². The second kappa shape index (κ2) is 5.12. The molecule has 1 heterocycles. The van der Waals surface area contributed by atoms with Crippen molar-refractivity contribution in [3.05, 3.63) is 41.2 Å². The molecule has 17 heavy (non-hydrogen) atoms. The highest BCUT2D eigenvalue weighted by molar-refractivity contribution is 6.30. The third kappa shape index (κ3) is 2.93. The monoisotopic (exact) mass is 249 g/mol. The second-order valence-electron chi connectivity index (χ2n) is 3.54. The fourth-order valence-corrected chi connectivity index (χ4v) is 1.70. The average molecular weight is 250 g/mol. The van der Waals surface area contributed by atoms with Crippen LogP contribution in [0.2, 0.25) is 5.02 Å². The smallest absolute Gasteiger partial charge is 0.157 e. The molecule has 0 saturated heterocycles. The van der Waals surface area contributed by atoms with Crippen molar-refractivity contribution in [2.24, 2.45) is 0 Å². The van der Waals surface area contributed by atoms with Gasteiger partial charge in [0.1, 0.15) is 12.4 Å².